The zero-order valence-electron chi connectivity index (χ0n) is 6.69. The van der Waals surface area contributed by atoms with Gasteiger partial charge in [0.1, 0.15) is 0 Å². The van der Waals surface area contributed by atoms with Crippen LogP contribution in [0.25, 0.3) is 0 Å². The first-order valence-corrected chi connectivity index (χ1v) is 4.33. The van der Waals surface area contributed by atoms with Crippen molar-refractivity contribution in [2.45, 2.75) is 25.3 Å². The summed E-state index contributed by atoms with van der Waals surface area (Å²) in [7, 11) is 0. The Hall–Kier alpha value is -0.0800. The molecular formula is C8H16N2. The molecule has 10 heavy (non-hydrogen) atoms. The molecule has 2 heterocycles. The minimum Gasteiger partial charge on any atom is -0.313 e. The summed E-state index contributed by atoms with van der Waals surface area (Å²) in [5.74, 6) is 0. The van der Waals surface area contributed by atoms with Gasteiger partial charge in [0, 0.05) is 18.6 Å². The summed E-state index contributed by atoms with van der Waals surface area (Å²) in [6, 6.07) is 0. The molecule has 1 N–H and O–H groups in total. The van der Waals surface area contributed by atoms with Crippen LogP contribution in [0.4, 0.5) is 0 Å². The van der Waals surface area contributed by atoms with Gasteiger partial charge < -0.3 is 5.32 Å². The fraction of sp³-hybridized carbons (Fsp3) is 1.00. The van der Waals surface area contributed by atoms with Crippen molar-refractivity contribution in [3.63, 3.8) is 0 Å². The van der Waals surface area contributed by atoms with E-state index in [-0.39, 0.29) is 0 Å². The van der Waals surface area contributed by atoms with Crippen LogP contribution in [0.2, 0.25) is 0 Å². The first kappa shape index (κ1) is 6.62. The molecule has 0 bridgehead atoms. The minimum atomic E-state index is 0.606. The topological polar surface area (TPSA) is 15.3 Å². The third-order valence-electron chi connectivity index (χ3n) is 3.03. The van der Waals surface area contributed by atoms with E-state index < -0.39 is 0 Å². The lowest BCUT2D eigenvalue weighted by atomic mass is 9.89. The molecule has 0 aromatic rings. The minimum absolute atomic E-state index is 0.606. The highest BCUT2D eigenvalue weighted by Gasteiger charge is 2.44. The number of nitrogens with zero attached hydrogens (tertiary/aromatic N) is 1. The second kappa shape index (κ2) is 2.21. The Morgan fingerprint density at radius 2 is 2.30 bits per heavy atom. The fourth-order valence-electron chi connectivity index (χ4n) is 2.30. The van der Waals surface area contributed by atoms with Crippen molar-refractivity contribution in [1.82, 2.24) is 10.2 Å². The average molecular weight is 140 g/mol. The van der Waals surface area contributed by atoms with Crippen molar-refractivity contribution in [2.24, 2.45) is 0 Å². The molecule has 0 saturated carbocycles. The van der Waals surface area contributed by atoms with E-state index in [0.717, 1.165) is 0 Å². The van der Waals surface area contributed by atoms with Crippen LogP contribution in [-0.2, 0) is 0 Å². The van der Waals surface area contributed by atoms with Gasteiger partial charge in [0.15, 0.2) is 0 Å². The Morgan fingerprint density at radius 1 is 1.50 bits per heavy atom. The van der Waals surface area contributed by atoms with Gasteiger partial charge in [-0.05, 0) is 25.9 Å². The van der Waals surface area contributed by atoms with Crippen LogP contribution in [0.3, 0.4) is 0 Å². The monoisotopic (exact) mass is 140 g/mol. The average Bonchev–Trinajstić information content (AvgIpc) is 2.27. The standard InChI is InChI=1S/C8H16N2/c1-2-10-5-3-4-8(10)6-9-7-8/h9H,2-7H2,1H3. The Balaban J connectivity index is 2.05. The Kier molecular flexibility index (Phi) is 1.46. The van der Waals surface area contributed by atoms with Gasteiger partial charge in [0.25, 0.3) is 0 Å². The predicted molar refractivity (Wildman–Crippen MR) is 42.1 cm³/mol. The molecule has 0 aromatic carbocycles. The lowest BCUT2D eigenvalue weighted by Crippen LogP contribution is -2.66. The quantitative estimate of drug-likeness (QED) is 0.568. The van der Waals surface area contributed by atoms with E-state index in [1.54, 1.807) is 0 Å². The summed E-state index contributed by atoms with van der Waals surface area (Å²) in [6.45, 7) is 7.31. The maximum atomic E-state index is 3.37. The molecule has 2 rings (SSSR count). The molecule has 0 atom stereocenters. The van der Waals surface area contributed by atoms with E-state index in [1.165, 1.54) is 39.0 Å². The lowest BCUT2D eigenvalue weighted by Gasteiger charge is -2.46. The van der Waals surface area contributed by atoms with Crippen LogP contribution < -0.4 is 5.32 Å². The number of rotatable bonds is 1. The molecule has 2 nitrogen and oxygen atoms in total. The van der Waals surface area contributed by atoms with Crippen LogP contribution >= 0.6 is 0 Å². The summed E-state index contributed by atoms with van der Waals surface area (Å²) >= 11 is 0. The van der Waals surface area contributed by atoms with Gasteiger partial charge in [-0.1, -0.05) is 6.92 Å². The molecule has 0 aliphatic carbocycles. The van der Waals surface area contributed by atoms with Gasteiger partial charge in [0.2, 0.25) is 0 Å². The van der Waals surface area contributed by atoms with E-state index >= 15 is 0 Å². The Morgan fingerprint density at radius 3 is 2.70 bits per heavy atom. The van der Waals surface area contributed by atoms with Gasteiger partial charge in [-0.25, -0.2) is 0 Å². The van der Waals surface area contributed by atoms with Gasteiger partial charge in [-0.15, -0.1) is 0 Å². The smallest absolute Gasteiger partial charge is 0.0458 e. The van der Waals surface area contributed by atoms with Crippen LogP contribution in [-0.4, -0.2) is 36.6 Å². The first-order valence-electron chi connectivity index (χ1n) is 4.33. The fourth-order valence-corrected chi connectivity index (χ4v) is 2.30. The molecule has 2 aliphatic heterocycles. The third kappa shape index (κ3) is 0.722. The molecule has 0 aromatic heterocycles. The molecule has 0 amide bonds. The highest BCUT2D eigenvalue weighted by molar-refractivity contribution is 5.05. The second-order valence-electron chi connectivity index (χ2n) is 3.51. The summed E-state index contributed by atoms with van der Waals surface area (Å²) < 4.78 is 0. The zero-order chi connectivity index (χ0) is 7.03. The first-order chi connectivity index (χ1) is 4.87. The molecule has 2 heteroatoms. The third-order valence-corrected chi connectivity index (χ3v) is 3.03. The number of hydrogen-bond acceptors (Lipinski definition) is 2. The van der Waals surface area contributed by atoms with Crippen molar-refractivity contribution in [1.29, 1.82) is 0 Å². The highest BCUT2D eigenvalue weighted by Crippen LogP contribution is 2.31. The van der Waals surface area contributed by atoms with E-state index in [4.69, 9.17) is 0 Å². The normalized spacial score (nSPS) is 30.9. The van der Waals surface area contributed by atoms with Gasteiger partial charge in [-0.2, -0.15) is 0 Å². The summed E-state index contributed by atoms with van der Waals surface area (Å²) in [6.07, 6.45) is 2.84. The molecule has 0 unspecified atom stereocenters. The maximum absolute atomic E-state index is 3.37. The van der Waals surface area contributed by atoms with Gasteiger partial charge in [0.05, 0.1) is 0 Å². The van der Waals surface area contributed by atoms with E-state index in [1.807, 2.05) is 0 Å². The van der Waals surface area contributed by atoms with Crippen LogP contribution in [0.5, 0.6) is 0 Å². The van der Waals surface area contributed by atoms with E-state index in [9.17, 15) is 0 Å². The molecule has 2 saturated heterocycles. The largest absolute Gasteiger partial charge is 0.313 e. The van der Waals surface area contributed by atoms with Gasteiger partial charge in [-0.3, -0.25) is 4.90 Å². The molecule has 2 aliphatic rings. The Labute approximate surface area is 62.6 Å². The lowest BCUT2D eigenvalue weighted by molar-refractivity contribution is 0.0848. The maximum Gasteiger partial charge on any atom is 0.0458 e. The number of nitrogens with one attached hydrogen (secondary N) is 1. The Bertz CT molecular complexity index is 129. The number of likely N-dealkylation sites (tertiary alicyclic amines) is 1. The molecule has 58 valence electrons. The summed E-state index contributed by atoms with van der Waals surface area (Å²) in [5.41, 5.74) is 0.606. The zero-order valence-corrected chi connectivity index (χ0v) is 6.69. The van der Waals surface area contributed by atoms with Crippen LogP contribution in [0, 0.1) is 0 Å². The van der Waals surface area contributed by atoms with Crippen molar-refractivity contribution in [3.05, 3.63) is 0 Å². The van der Waals surface area contributed by atoms with Crippen molar-refractivity contribution in [3.8, 4) is 0 Å². The SMILES string of the molecule is CCN1CCCC12CNC2. The number of hydrogen-bond donors (Lipinski definition) is 1. The summed E-state index contributed by atoms with van der Waals surface area (Å²) in [4.78, 5) is 2.63. The second-order valence-corrected chi connectivity index (χ2v) is 3.51. The van der Waals surface area contributed by atoms with Crippen molar-refractivity contribution < 1.29 is 0 Å². The van der Waals surface area contributed by atoms with Gasteiger partial charge >= 0.3 is 0 Å². The van der Waals surface area contributed by atoms with Crippen molar-refractivity contribution in [2.75, 3.05) is 26.2 Å². The van der Waals surface area contributed by atoms with E-state index in [0.29, 0.717) is 5.54 Å². The van der Waals surface area contributed by atoms with E-state index in [2.05, 4.69) is 17.1 Å². The summed E-state index contributed by atoms with van der Waals surface area (Å²) in [5, 5.41) is 3.37. The molecular weight excluding hydrogens is 124 g/mol. The predicted octanol–water partition coefficient (Wildman–Crippen LogP) is 0.444. The molecule has 1 spiro atoms. The molecule has 2 fully saturated rings. The number of likely N-dealkylation sites (N-methyl/N-ethyl adjacent to an activating group) is 1. The van der Waals surface area contributed by atoms with Crippen LogP contribution in [0.1, 0.15) is 19.8 Å². The van der Waals surface area contributed by atoms with Crippen LogP contribution in [0.15, 0.2) is 0 Å². The molecule has 0 radical (unpaired) electrons. The highest BCUT2D eigenvalue weighted by atomic mass is 15.3. The van der Waals surface area contributed by atoms with Crippen molar-refractivity contribution >= 4 is 0 Å².